The second-order valence-corrected chi connectivity index (χ2v) is 8.89. The summed E-state index contributed by atoms with van der Waals surface area (Å²) in [5, 5.41) is 2.55. The van der Waals surface area contributed by atoms with Crippen molar-refractivity contribution in [2.75, 3.05) is 19.0 Å². The third kappa shape index (κ3) is 6.09. The highest BCUT2D eigenvalue weighted by Crippen LogP contribution is 2.26. The number of anilines is 1. The maximum absolute atomic E-state index is 12.6. The summed E-state index contributed by atoms with van der Waals surface area (Å²) in [6.07, 6.45) is 4.46. The second kappa shape index (κ2) is 9.31. The van der Waals surface area contributed by atoms with Crippen LogP contribution in [0.4, 0.5) is 5.69 Å². The number of nitrogens with one attached hydrogen (secondary N) is 1. The maximum Gasteiger partial charge on any atom is 0.227 e. The van der Waals surface area contributed by atoms with Gasteiger partial charge in [-0.2, -0.15) is 0 Å². The van der Waals surface area contributed by atoms with Crippen LogP contribution < -0.4 is 11.1 Å². The van der Waals surface area contributed by atoms with E-state index in [1.165, 1.54) is 7.11 Å². The largest absolute Gasteiger partial charge is 0.380 e. The van der Waals surface area contributed by atoms with Gasteiger partial charge in [0, 0.05) is 19.3 Å². The predicted octanol–water partition coefficient (Wildman–Crippen LogP) is 2.24. The lowest BCUT2D eigenvalue weighted by molar-refractivity contribution is -0.118. The number of ether oxygens (including phenoxy) is 1. The van der Waals surface area contributed by atoms with Crippen molar-refractivity contribution in [1.29, 1.82) is 0 Å². The Balaban J connectivity index is 1.99. The summed E-state index contributed by atoms with van der Waals surface area (Å²) in [6, 6.07) is 7.02. The number of hydrogen-bond donors (Lipinski definition) is 2. The molecule has 3 N–H and O–H groups in total. The van der Waals surface area contributed by atoms with Crippen LogP contribution in [0.1, 0.15) is 44.1 Å². The van der Waals surface area contributed by atoms with Gasteiger partial charge in [0.1, 0.15) is 0 Å². The minimum atomic E-state index is -3.16. The summed E-state index contributed by atoms with van der Waals surface area (Å²) < 4.78 is 30.3. The number of sulfone groups is 1. The van der Waals surface area contributed by atoms with Crippen molar-refractivity contribution in [3.63, 3.8) is 0 Å². The van der Waals surface area contributed by atoms with Crippen molar-refractivity contribution in [3.8, 4) is 0 Å². The monoisotopic (exact) mass is 368 g/mol. The number of rotatable bonds is 8. The Morgan fingerprint density at radius 1 is 1.32 bits per heavy atom. The van der Waals surface area contributed by atoms with Crippen molar-refractivity contribution < 1.29 is 17.9 Å². The van der Waals surface area contributed by atoms with Gasteiger partial charge < -0.3 is 15.8 Å². The Hall–Kier alpha value is -1.44. The highest BCUT2D eigenvalue weighted by molar-refractivity contribution is 7.91. The fraction of sp³-hybridized carbons (Fsp3) is 0.611. The van der Waals surface area contributed by atoms with Gasteiger partial charge >= 0.3 is 0 Å². The van der Waals surface area contributed by atoms with Crippen molar-refractivity contribution in [1.82, 2.24) is 0 Å². The van der Waals surface area contributed by atoms with Crippen molar-refractivity contribution >= 4 is 21.4 Å². The van der Waals surface area contributed by atoms with Crippen LogP contribution in [0.25, 0.3) is 0 Å². The van der Waals surface area contributed by atoms with E-state index >= 15 is 0 Å². The van der Waals surface area contributed by atoms with Gasteiger partial charge in [0.25, 0.3) is 0 Å². The van der Waals surface area contributed by atoms with E-state index in [-0.39, 0.29) is 36.0 Å². The standard InChI is InChI=1S/C18H28N2O4S/c1-24-16(12-19)11-18(21)20-15-7-5-6-14(10-15)13-25(22,23)17-8-3-2-4-9-17/h5-7,10,16-17H,2-4,8-9,11-13,19H2,1H3,(H,20,21). The van der Waals surface area contributed by atoms with Crippen LogP contribution in [0, 0.1) is 0 Å². The first-order valence-corrected chi connectivity index (χ1v) is 10.5. The molecular formula is C18H28N2O4S. The lowest BCUT2D eigenvalue weighted by Crippen LogP contribution is -2.28. The maximum atomic E-state index is 12.6. The first-order chi connectivity index (χ1) is 11.9. The molecule has 1 saturated carbocycles. The Labute approximate surface area is 150 Å². The zero-order chi connectivity index (χ0) is 18.3. The highest BCUT2D eigenvalue weighted by atomic mass is 32.2. The molecule has 1 unspecified atom stereocenters. The summed E-state index contributed by atoms with van der Waals surface area (Å²) in [5.41, 5.74) is 6.81. The molecule has 0 aromatic heterocycles. The lowest BCUT2D eigenvalue weighted by Gasteiger charge is -2.21. The topological polar surface area (TPSA) is 98.5 Å². The van der Waals surface area contributed by atoms with Crippen LogP contribution in [0.2, 0.25) is 0 Å². The summed E-state index contributed by atoms with van der Waals surface area (Å²) in [4.78, 5) is 12.0. The first kappa shape index (κ1) is 19.9. The van der Waals surface area contributed by atoms with Gasteiger partial charge in [-0.05, 0) is 30.5 Å². The van der Waals surface area contributed by atoms with E-state index in [1.54, 1.807) is 24.3 Å². The molecular weight excluding hydrogens is 340 g/mol. The van der Waals surface area contributed by atoms with Gasteiger partial charge in [-0.3, -0.25) is 4.79 Å². The number of amides is 1. The van der Waals surface area contributed by atoms with Crippen molar-refractivity contribution in [2.24, 2.45) is 5.73 Å². The normalized spacial score (nSPS) is 17.2. The van der Waals surface area contributed by atoms with E-state index in [2.05, 4.69) is 5.32 Å². The molecule has 0 radical (unpaired) electrons. The summed E-state index contributed by atoms with van der Waals surface area (Å²) in [5.74, 6) is -0.185. The molecule has 1 aliphatic rings. The summed E-state index contributed by atoms with van der Waals surface area (Å²) in [7, 11) is -1.64. The van der Waals surface area contributed by atoms with E-state index in [1.807, 2.05) is 0 Å². The fourth-order valence-electron chi connectivity index (χ4n) is 3.19. The summed E-state index contributed by atoms with van der Waals surface area (Å²) in [6.45, 7) is 0.267. The third-order valence-corrected chi connectivity index (χ3v) is 6.87. The van der Waals surface area contributed by atoms with Gasteiger partial charge in [0.05, 0.1) is 23.5 Å². The molecule has 0 heterocycles. The number of carbonyl (C=O) groups excluding carboxylic acids is 1. The molecule has 1 amide bonds. The first-order valence-electron chi connectivity index (χ1n) is 8.78. The number of benzene rings is 1. The van der Waals surface area contributed by atoms with E-state index in [0.717, 1.165) is 32.1 Å². The van der Waals surface area contributed by atoms with Crippen LogP contribution in [0.15, 0.2) is 24.3 Å². The van der Waals surface area contributed by atoms with Gasteiger partial charge in [0.2, 0.25) is 5.91 Å². The average molecular weight is 368 g/mol. The molecule has 6 nitrogen and oxygen atoms in total. The van der Waals surface area contributed by atoms with Crippen LogP contribution in [0.3, 0.4) is 0 Å². The van der Waals surface area contributed by atoms with Gasteiger partial charge in [-0.1, -0.05) is 31.4 Å². The number of hydrogen-bond acceptors (Lipinski definition) is 5. The van der Waals surface area contributed by atoms with E-state index < -0.39 is 9.84 Å². The molecule has 1 atom stereocenters. The predicted molar refractivity (Wildman–Crippen MR) is 99.0 cm³/mol. The van der Waals surface area contributed by atoms with Crippen LogP contribution in [-0.2, 0) is 25.1 Å². The Bertz CT molecular complexity index is 665. The molecule has 0 aliphatic heterocycles. The molecule has 0 bridgehead atoms. The Morgan fingerprint density at radius 3 is 2.68 bits per heavy atom. The molecule has 140 valence electrons. The summed E-state index contributed by atoms with van der Waals surface area (Å²) >= 11 is 0. The van der Waals surface area contributed by atoms with Crippen molar-refractivity contribution in [2.45, 2.75) is 55.6 Å². The van der Waals surface area contributed by atoms with Gasteiger partial charge in [-0.15, -0.1) is 0 Å². The van der Waals surface area contributed by atoms with E-state index in [9.17, 15) is 13.2 Å². The number of methoxy groups -OCH3 is 1. The zero-order valence-corrected chi connectivity index (χ0v) is 15.6. The zero-order valence-electron chi connectivity index (χ0n) is 14.7. The Kier molecular flexibility index (Phi) is 7.40. The van der Waals surface area contributed by atoms with E-state index in [0.29, 0.717) is 11.3 Å². The Morgan fingerprint density at radius 2 is 2.04 bits per heavy atom. The van der Waals surface area contributed by atoms with Gasteiger partial charge in [-0.25, -0.2) is 8.42 Å². The molecule has 0 saturated heterocycles. The van der Waals surface area contributed by atoms with Crippen molar-refractivity contribution in [3.05, 3.63) is 29.8 Å². The number of carbonyl (C=O) groups is 1. The second-order valence-electron chi connectivity index (χ2n) is 6.61. The SMILES string of the molecule is COC(CN)CC(=O)Nc1cccc(CS(=O)(=O)C2CCCCC2)c1. The average Bonchev–Trinajstić information content (AvgIpc) is 2.60. The minimum absolute atomic E-state index is 0.0187. The molecule has 1 aromatic carbocycles. The van der Waals surface area contributed by atoms with Gasteiger partial charge in [0.15, 0.2) is 9.84 Å². The molecule has 2 rings (SSSR count). The van der Waals surface area contributed by atoms with Crippen LogP contribution in [0.5, 0.6) is 0 Å². The third-order valence-electron chi connectivity index (χ3n) is 4.65. The molecule has 1 aliphatic carbocycles. The smallest absolute Gasteiger partial charge is 0.227 e. The van der Waals surface area contributed by atoms with E-state index in [4.69, 9.17) is 10.5 Å². The fourth-order valence-corrected chi connectivity index (χ4v) is 5.13. The minimum Gasteiger partial charge on any atom is -0.380 e. The van der Waals surface area contributed by atoms with Crippen LogP contribution in [-0.4, -0.2) is 39.3 Å². The molecule has 1 fully saturated rings. The van der Waals surface area contributed by atoms with Crippen LogP contribution >= 0.6 is 0 Å². The quantitative estimate of drug-likeness (QED) is 0.733. The molecule has 0 spiro atoms. The molecule has 7 heteroatoms. The molecule has 25 heavy (non-hydrogen) atoms. The molecule has 1 aromatic rings. The lowest BCUT2D eigenvalue weighted by atomic mass is 10.0. The highest BCUT2D eigenvalue weighted by Gasteiger charge is 2.27. The number of nitrogens with two attached hydrogens (primary N) is 1.